The van der Waals surface area contributed by atoms with Crippen LogP contribution in [0.4, 0.5) is 8.78 Å². The van der Waals surface area contributed by atoms with Gasteiger partial charge < -0.3 is 15.7 Å². The summed E-state index contributed by atoms with van der Waals surface area (Å²) in [6.07, 6.45) is -0.897. The Labute approximate surface area is 165 Å². The molecule has 150 valence electrons. The molecular formula is C23H28F2N2O. The van der Waals surface area contributed by atoms with Crippen LogP contribution >= 0.6 is 0 Å². The fourth-order valence-electron chi connectivity index (χ4n) is 4.46. The van der Waals surface area contributed by atoms with Gasteiger partial charge in [0.05, 0.1) is 11.0 Å². The summed E-state index contributed by atoms with van der Waals surface area (Å²) in [6.45, 7) is 0.801. The molecule has 0 spiro atoms. The molecule has 28 heavy (non-hydrogen) atoms. The van der Waals surface area contributed by atoms with Gasteiger partial charge in [-0.2, -0.15) is 0 Å². The fourth-order valence-corrected chi connectivity index (χ4v) is 4.46. The lowest BCUT2D eigenvalue weighted by molar-refractivity contribution is -0.176. The molecule has 0 aromatic heterocycles. The zero-order valence-corrected chi connectivity index (χ0v) is 16.0. The standard InChI is InChI=1S/C23H28F2N2O/c24-20(17-7-3-1-4-8-17)23(21(25)18-9-5-2-6-10-18)16-26-14-13-22(23,28)15-27-19-11-12-19/h1-10,19-21,26-28H,11-16H2. The summed E-state index contributed by atoms with van der Waals surface area (Å²) < 4.78 is 32.4. The normalized spacial score (nSPS) is 30.0. The average molecular weight is 386 g/mol. The van der Waals surface area contributed by atoms with E-state index in [0.29, 0.717) is 30.1 Å². The number of alkyl halides is 2. The first-order chi connectivity index (χ1) is 13.6. The summed E-state index contributed by atoms with van der Waals surface area (Å²) in [4.78, 5) is 0. The molecule has 2 fully saturated rings. The predicted molar refractivity (Wildman–Crippen MR) is 106 cm³/mol. The second-order valence-electron chi connectivity index (χ2n) is 8.20. The van der Waals surface area contributed by atoms with E-state index in [2.05, 4.69) is 10.6 Å². The highest BCUT2D eigenvalue weighted by molar-refractivity contribution is 5.30. The first-order valence-corrected chi connectivity index (χ1v) is 10.1. The third kappa shape index (κ3) is 3.47. The molecule has 5 heteroatoms. The molecule has 1 saturated carbocycles. The van der Waals surface area contributed by atoms with E-state index in [1.54, 1.807) is 48.5 Å². The van der Waals surface area contributed by atoms with Gasteiger partial charge in [-0.3, -0.25) is 0 Å². The second-order valence-corrected chi connectivity index (χ2v) is 8.20. The zero-order chi connectivity index (χ0) is 19.6. The SMILES string of the molecule is OC1(CNC2CC2)CCNCC1(C(F)c1ccccc1)C(F)c1ccccc1. The van der Waals surface area contributed by atoms with E-state index in [1.807, 2.05) is 12.1 Å². The summed E-state index contributed by atoms with van der Waals surface area (Å²) in [5.74, 6) is 0. The van der Waals surface area contributed by atoms with Crippen LogP contribution in [0.15, 0.2) is 60.7 Å². The van der Waals surface area contributed by atoms with Crippen LogP contribution in [-0.2, 0) is 0 Å². The molecule has 1 saturated heterocycles. The van der Waals surface area contributed by atoms with E-state index in [9.17, 15) is 5.11 Å². The number of nitrogens with one attached hydrogen (secondary N) is 2. The lowest BCUT2D eigenvalue weighted by Crippen LogP contribution is -2.66. The van der Waals surface area contributed by atoms with Gasteiger partial charge in [0.1, 0.15) is 12.3 Å². The Kier molecular flexibility index (Phi) is 5.50. The Morgan fingerprint density at radius 1 is 0.964 bits per heavy atom. The van der Waals surface area contributed by atoms with Gasteiger partial charge in [-0.1, -0.05) is 60.7 Å². The molecule has 4 rings (SSSR count). The van der Waals surface area contributed by atoms with E-state index >= 15 is 8.78 Å². The maximum absolute atomic E-state index is 16.2. The Morgan fingerprint density at radius 2 is 1.50 bits per heavy atom. The Bertz CT molecular complexity index is 723. The summed E-state index contributed by atoms with van der Waals surface area (Å²) in [6, 6.07) is 17.7. The monoisotopic (exact) mass is 386 g/mol. The number of hydrogen-bond donors (Lipinski definition) is 3. The number of piperidine rings is 1. The van der Waals surface area contributed by atoms with Crippen molar-refractivity contribution >= 4 is 0 Å². The van der Waals surface area contributed by atoms with E-state index in [-0.39, 0.29) is 13.1 Å². The molecule has 1 aliphatic carbocycles. The summed E-state index contributed by atoms with van der Waals surface area (Å²) >= 11 is 0. The lowest BCUT2D eigenvalue weighted by Gasteiger charge is -2.54. The molecule has 1 heterocycles. The maximum atomic E-state index is 16.2. The quantitative estimate of drug-likeness (QED) is 0.677. The van der Waals surface area contributed by atoms with Crippen molar-refractivity contribution < 1.29 is 13.9 Å². The van der Waals surface area contributed by atoms with Crippen molar-refractivity contribution in [1.82, 2.24) is 10.6 Å². The van der Waals surface area contributed by atoms with E-state index in [0.717, 1.165) is 12.8 Å². The number of rotatable bonds is 7. The predicted octanol–water partition coefficient (Wildman–Crippen LogP) is 3.87. The van der Waals surface area contributed by atoms with Crippen molar-refractivity contribution in [3.05, 3.63) is 71.8 Å². The number of benzene rings is 2. The van der Waals surface area contributed by atoms with Gasteiger partial charge >= 0.3 is 0 Å². The molecule has 0 radical (unpaired) electrons. The highest BCUT2D eigenvalue weighted by atomic mass is 19.1. The maximum Gasteiger partial charge on any atom is 0.138 e. The minimum absolute atomic E-state index is 0.0714. The molecule has 3 unspecified atom stereocenters. The highest BCUT2D eigenvalue weighted by Crippen LogP contribution is 2.57. The molecule has 2 aromatic rings. The van der Waals surface area contributed by atoms with Crippen molar-refractivity contribution in [1.29, 1.82) is 0 Å². The van der Waals surface area contributed by atoms with Crippen LogP contribution in [0.2, 0.25) is 0 Å². The largest absolute Gasteiger partial charge is 0.388 e. The summed E-state index contributed by atoms with van der Waals surface area (Å²) in [5.41, 5.74) is -2.34. The minimum Gasteiger partial charge on any atom is -0.388 e. The molecule has 2 aliphatic rings. The van der Waals surface area contributed by atoms with Gasteiger partial charge in [0.25, 0.3) is 0 Å². The van der Waals surface area contributed by atoms with Gasteiger partial charge in [0, 0.05) is 19.1 Å². The first-order valence-electron chi connectivity index (χ1n) is 10.1. The molecule has 0 bridgehead atoms. The van der Waals surface area contributed by atoms with Crippen LogP contribution in [-0.4, -0.2) is 36.4 Å². The molecule has 3 nitrogen and oxygen atoms in total. The third-order valence-corrected chi connectivity index (χ3v) is 6.35. The molecule has 3 atom stereocenters. The van der Waals surface area contributed by atoms with Crippen LogP contribution in [0.5, 0.6) is 0 Å². The first kappa shape index (κ1) is 19.5. The molecule has 1 aliphatic heterocycles. The van der Waals surface area contributed by atoms with Crippen molar-refractivity contribution in [3.63, 3.8) is 0 Å². The van der Waals surface area contributed by atoms with Gasteiger partial charge in [-0.25, -0.2) is 8.78 Å². The van der Waals surface area contributed by atoms with Gasteiger partial charge in [-0.05, 0) is 36.9 Å². The topological polar surface area (TPSA) is 44.3 Å². The Hall–Kier alpha value is -1.82. The minimum atomic E-state index is -1.65. The van der Waals surface area contributed by atoms with Crippen LogP contribution in [0.25, 0.3) is 0 Å². The summed E-state index contributed by atoms with van der Waals surface area (Å²) in [7, 11) is 0. The average Bonchev–Trinajstić information content (AvgIpc) is 3.58. The second kappa shape index (κ2) is 7.90. The number of hydrogen-bond acceptors (Lipinski definition) is 3. The molecule has 0 amide bonds. The van der Waals surface area contributed by atoms with Crippen molar-refractivity contribution in [2.75, 3.05) is 19.6 Å². The van der Waals surface area contributed by atoms with Gasteiger partial charge in [0.2, 0.25) is 0 Å². The number of aliphatic hydroxyl groups is 1. The molecule has 3 N–H and O–H groups in total. The third-order valence-electron chi connectivity index (χ3n) is 6.35. The molecular weight excluding hydrogens is 358 g/mol. The summed E-state index contributed by atoms with van der Waals surface area (Å²) in [5, 5.41) is 18.2. The zero-order valence-electron chi connectivity index (χ0n) is 16.0. The molecule has 2 aromatic carbocycles. The van der Waals surface area contributed by atoms with Crippen molar-refractivity contribution in [2.24, 2.45) is 5.41 Å². The van der Waals surface area contributed by atoms with Crippen LogP contribution < -0.4 is 10.6 Å². The van der Waals surface area contributed by atoms with Crippen LogP contribution in [0.3, 0.4) is 0 Å². The lowest BCUT2D eigenvalue weighted by atomic mass is 9.59. The van der Waals surface area contributed by atoms with Gasteiger partial charge in [-0.15, -0.1) is 0 Å². The van der Waals surface area contributed by atoms with Crippen LogP contribution in [0.1, 0.15) is 42.7 Å². The Morgan fingerprint density at radius 3 is 2.00 bits per heavy atom. The smallest absolute Gasteiger partial charge is 0.138 e. The highest BCUT2D eigenvalue weighted by Gasteiger charge is 2.62. The van der Waals surface area contributed by atoms with Crippen LogP contribution in [0, 0.1) is 5.41 Å². The van der Waals surface area contributed by atoms with E-state index in [1.165, 1.54) is 0 Å². The van der Waals surface area contributed by atoms with E-state index in [4.69, 9.17) is 0 Å². The van der Waals surface area contributed by atoms with E-state index < -0.39 is 23.4 Å². The van der Waals surface area contributed by atoms with Gasteiger partial charge in [0.15, 0.2) is 0 Å². The van der Waals surface area contributed by atoms with Crippen molar-refractivity contribution in [2.45, 2.75) is 43.2 Å². The number of halogens is 2. The Balaban J connectivity index is 1.78. The van der Waals surface area contributed by atoms with Crippen molar-refractivity contribution in [3.8, 4) is 0 Å². The fraction of sp³-hybridized carbons (Fsp3) is 0.478.